The predicted molar refractivity (Wildman–Crippen MR) is 80.0 cm³/mol. The van der Waals surface area contributed by atoms with Gasteiger partial charge in [-0.15, -0.1) is 0 Å². The number of rotatable bonds is 3. The van der Waals surface area contributed by atoms with Gasteiger partial charge in [0.2, 0.25) is 0 Å². The first-order valence-electron chi connectivity index (χ1n) is 6.67. The van der Waals surface area contributed by atoms with Crippen LogP contribution in [0.15, 0.2) is 28.7 Å². The normalized spacial score (nSPS) is 23.1. The third-order valence-electron chi connectivity index (χ3n) is 3.94. The van der Waals surface area contributed by atoms with Crippen LogP contribution in [0.3, 0.4) is 0 Å². The zero-order chi connectivity index (χ0) is 13.2. The van der Waals surface area contributed by atoms with E-state index >= 15 is 0 Å². The SMILES string of the molecule is CC1(C)CC(CCO)CCN1c1cccc(Br)c1. The number of anilines is 1. The highest BCUT2D eigenvalue weighted by Crippen LogP contribution is 2.37. The molecule has 1 aromatic carbocycles. The highest BCUT2D eigenvalue weighted by molar-refractivity contribution is 9.10. The van der Waals surface area contributed by atoms with Gasteiger partial charge in [0.05, 0.1) is 0 Å². The van der Waals surface area contributed by atoms with Gasteiger partial charge in [-0.05, 0) is 57.2 Å². The van der Waals surface area contributed by atoms with Crippen LogP contribution in [0.1, 0.15) is 33.1 Å². The summed E-state index contributed by atoms with van der Waals surface area (Å²) >= 11 is 3.54. The molecule has 0 amide bonds. The summed E-state index contributed by atoms with van der Waals surface area (Å²) < 4.78 is 1.13. The molecule has 0 spiro atoms. The molecule has 1 heterocycles. The van der Waals surface area contributed by atoms with Crippen molar-refractivity contribution in [1.29, 1.82) is 0 Å². The second-order valence-corrected chi connectivity index (χ2v) is 6.73. The fourth-order valence-electron chi connectivity index (χ4n) is 3.08. The van der Waals surface area contributed by atoms with Gasteiger partial charge in [0.15, 0.2) is 0 Å². The second kappa shape index (κ2) is 5.62. The van der Waals surface area contributed by atoms with E-state index in [1.165, 1.54) is 12.1 Å². The van der Waals surface area contributed by atoms with Gasteiger partial charge < -0.3 is 10.0 Å². The minimum Gasteiger partial charge on any atom is -0.396 e. The lowest BCUT2D eigenvalue weighted by Gasteiger charge is -2.47. The van der Waals surface area contributed by atoms with Crippen LogP contribution in [0, 0.1) is 5.92 Å². The second-order valence-electron chi connectivity index (χ2n) is 5.82. The van der Waals surface area contributed by atoms with Gasteiger partial charge in [-0.25, -0.2) is 0 Å². The molecule has 1 saturated heterocycles. The molecule has 0 aliphatic carbocycles. The number of nitrogens with zero attached hydrogens (tertiary/aromatic N) is 1. The summed E-state index contributed by atoms with van der Waals surface area (Å²) in [5, 5.41) is 9.09. The Morgan fingerprint density at radius 2 is 2.22 bits per heavy atom. The highest BCUT2D eigenvalue weighted by atomic mass is 79.9. The minimum atomic E-state index is 0.166. The molecule has 1 fully saturated rings. The van der Waals surface area contributed by atoms with E-state index in [-0.39, 0.29) is 5.54 Å². The first kappa shape index (κ1) is 13.9. The summed E-state index contributed by atoms with van der Waals surface area (Å²) in [6.07, 6.45) is 3.27. The van der Waals surface area contributed by atoms with E-state index in [9.17, 15) is 0 Å². The van der Waals surface area contributed by atoms with Crippen molar-refractivity contribution in [3.63, 3.8) is 0 Å². The summed E-state index contributed by atoms with van der Waals surface area (Å²) in [5.41, 5.74) is 1.45. The Labute approximate surface area is 118 Å². The Balaban J connectivity index is 2.15. The molecule has 0 bridgehead atoms. The molecular weight excluding hydrogens is 290 g/mol. The zero-order valence-electron chi connectivity index (χ0n) is 11.2. The molecule has 3 heteroatoms. The van der Waals surface area contributed by atoms with Crippen LogP contribution < -0.4 is 4.90 Å². The number of aliphatic hydroxyl groups is 1. The molecule has 1 atom stereocenters. The highest BCUT2D eigenvalue weighted by Gasteiger charge is 2.34. The van der Waals surface area contributed by atoms with Gasteiger partial charge in [0, 0.05) is 28.9 Å². The molecule has 0 aromatic heterocycles. The third kappa shape index (κ3) is 3.07. The Bertz CT molecular complexity index is 405. The smallest absolute Gasteiger partial charge is 0.0433 e. The van der Waals surface area contributed by atoms with E-state index in [2.05, 4.69) is 58.9 Å². The van der Waals surface area contributed by atoms with Gasteiger partial charge >= 0.3 is 0 Å². The molecule has 1 aliphatic heterocycles. The van der Waals surface area contributed by atoms with E-state index in [1.807, 2.05) is 0 Å². The zero-order valence-corrected chi connectivity index (χ0v) is 12.8. The van der Waals surface area contributed by atoms with Crippen molar-refractivity contribution in [1.82, 2.24) is 0 Å². The van der Waals surface area contributed by atoms with Crippen LogP contribution in [0.2, 0.25) is 0 Å². The Hall–Kier alpha value is -0.540. The maximum absolute atomic E-state index is 9.09. The molecule has 1 N–H and O–H groups in total. The van der Waals surface area contributed by atoms with E-state index in [0.29, 0.717) is 12.5 Å². The molecule has 1 unspecified atom stereocenters. The number of hydrogen-bond acceptors (Lipinski definition) is 2. The van der Waals surface area contributed by atoms with E-state index in [1.54, 1.807) is 0 Å². The first-order chi connectivity index (χ1) is 8.53. The van der Waals surface area contributed by atoms with Crippen molar-refractivity contribution in [3.05, 3.63) is 28.7 Å². The topological polar surface area (TPSA) is 23.5 Å². The molecule has 2 rings (SSSR count). The number of benzene rings is 1. The monoisotopic (exact) mass is 311 g/mol. The Morgan fingerprint density at radius 3 is 2.83 bits per heavy atom. The predicted octanol–water partition coefficient (Wildman–Crippen LogP) is 3.83. The number of hydrogen-bond donors (Lipinski definition) is 1. The van der Waals surface area contributed by atoms with Gasteiger partial charge in [-0.3, -0.25) is 0 Å². The lowest BCUT2D eigenvalue weighted by atomic mass is 9.81. The fraction of sp³-hybridized carbons (Fsp3) is 0.600. The van der Waals surface area contributed by atoms with Crippen molar-refractivity contribution in [2.45, 2.75) is 38.6 Å². The van der Waals surface area contributed by atoms with Crippen LogP contribution >= 0.6 is 15.9 Å². The maximum Gasteiger partial charge on any atom is 0.0433 e. The molecule has 100 valence electrons. The lowest BCUT2D eigenvalue weighted by molar-refractivity contribution is 0.205. The minimum absolute atomic E-state index is 0.166. The van der Waals surface area contributed by atoms with Gasteiger partial charge in [-0.1, -0.05) is 22.0 Å². The third-order valence-corrected chi connectivity index (χ3v) is 4.43. The average Bonchev–Trinajstić information content (AvgIpc) is 2.28. The quantitative estimate of drug-likeness (QED) is 0.917. The van der Waals surface area contributed by atoms with Crippen LogP contribution in [0.25, 0.3) is 0 Å². The first-order valence-corrected chi connectivity index (χ1v) is 7.46. The molecule has 18 heavy (non-hydrogen) atoms. The summed E-state index contributed by atoms with van der Waals surface area (Å²) in [7, 11) is 0. The maximum atomic E-state index is 9.09. The molecule has 0 saturated carbocycles. The van der Waals surface area contributed by atoms with Crippen LogP contribution in [-0.2, 0) is 0 Å². The largest absolute Gasteiger partial charge is 0.396 e. The number of aliphatic hydroxyl groups excluding tert-OH is 1. The van der Waals surface area contributed by atoms with Crippen LogP contribution in [0.5, 0.6) is 0 Å². The van der Waals surface area contributed by atoms with Crippen LogP contribution in [-0.4, -0.2) is 23.8 Å². The summed E-state index contributed by atoms with van der Waals surface area (Å²) in [4.78, 5) is 2.49. The van der Waals surface area contributed by atoms with Gasteiger partial charge in [0.1, 0.15) is 0 Å². The molecular formula is C15H22BrNO. The Kier molecular flexibility index (Phi) is 4.33. The standard InChI is InChI=1S/C15H22BrNO/c1-15(2)11-12(7-9-18)6-8-17(15)14-5-3-4-13(16)10-14/h3-5,10,12,18H,6-9,11H2,1-2H3. The van der Waals surface area contributed by atoms with Crippen molar-refractivity contribution in [2.24, 2.45) is 5.92 Å². The van der Waals surface area contributed by atoms with Crippen molar-refractivity contribution in [3.8, 4) is 0 Å². The van der Waals surface area contributed by atoms with E-state index < -0.39 is 0 Å². The van der Waals surface area contributed by atoms with Crippen molar-refractivity contribution < 1.29 is 5.11 Å². The molecule has 1 aliphatic rings. The number of piperidine rings is 1. The molecule has 0 radical (unpaired) electrons. The molecule has 1 aromatic rings. The number of halogens is 1. The van der Waals surface area contributed by atoms with Crippen molar-refractivity contribution >= 4 is 21.6 Å². The van der Waals surface area contributed by atoms with Crippen LogP contribution in [0.4, 0.5) is 5.69 Å². The lowest BCUT2D eigenvalue weighted by Crippen LogP contribution is -2.50. The van der Waals surface area contributed by atoms with E-state index in [0.717, 1.165) is 23.9 Å². The van der Waals surface area contributed by atoms with E-state index in [4.69, 9.17) is 5.11 Å². The van der Waals surface area contributed by atoms with Gasteiger partial charge in [-0.2, -0.15) is 0 Å². The summed E-state index contributed by atoms with van der Waals surface area (Å²) in [6, 6.07) is 8.53. The summed E-state index contributed by atoms with van der Waals surface area (Å²) in [5.74, 6) is 0.661. The van der Waals surface area contributed by atoms with Crippen molar-refractivity contribution in [2.75, 3.05) is 18.1 Å². The average molecular weight is 312 g/mol. The fourth-order valence-corrected chi connectivity index (χ4v) is 3.47. The molecule has 2 nitrogen and oxygen atoms in total. The Morgan fingerprint density at radius 1 is 1.44 bits per heavy atom. The summed E-state index contributed by atoms with van der Waals surface area (Å²) in [6.45, 7) is 6.00. The van der Waals surface area contributed by atoms with Gasteiger partial charge in [0.25, 0.3) is 0 Å².